The Hall–Kier alpha value is -2.57. The zero-order valence-corrected chi connectivity index (χ0v) is 15.3. The number of aliphatic hydroxyl groups is 1. The molecule has 2 N–H and O–H groups in total. The van der Waals surface area contributed by atoms with Gasteiger partial charge in [-0.2, -0.15) is 0 Å². The van der Waals surface area contributed by atoms with Crippen LogP contribution in [0.2, 0.25) is 0 Å². The van der Waals surface area contributed by atoms with E-state index in [1.165, 1.54) is 0 Å². The van der Waals surface area contributed by atoms with E-state index in [0.717, 1.165) is 12.8 Å². The molecule has 0 aromatic heterocycles. The molecule has 27 heavy (non-hydrogen) atoms. The zero-order valence-electron chi connectivity index (χ0n) is 15.3. The van der Waals surface area contributed by atoms with Crippen molar-refractivity contribution in [2.75, 3.05) is 13.6 Å². The van der Waals surface area contributed by atoms with Crippen molar-refractivity contribution in [1.82, 2.24) is 4.90 Å². The number of carbonyl (C=O) groups is 1. The molecule has 1 fully saturated rings. The van der Waals surface area contributed by atoms with Crippen molar-refractivity contribution in [3.8, 4) is 17.2 Å². The van der Waals surface area contributed by atoms with Crippen LogP contribution < -0.4 is 9.47 Å². The van der Waals surface area contributed by atoms with E-state index < -0.39 is 18.2 Å². The molecule has 3 atom stereocenters. The van der Waals surface area contributed by atoms with Gasteiger partial charge in [-0.1, -0.05) is 30.3 Å². The van der Waals surface area contributed by atoms with E-state index in [-0.39, 0.29) is 12.6 Å². The minimum Gasteiger partial charge on any atom is -0.484 e. The summed E-state index contributed by atoms with van der Waals surface area (Å²) < 4.78 is 12.0. The molecule has 1 aliphatic carbocycles. The number of nitrogens with zero attached hydrogens (tertiary/aromatic N) is 1. The molecular weight excluding hydrogens is 346 g/mol. The summed E-state index contributed by atoms with van der Waals surface area (Å²) in [5.74, 6) is 0.940. The first kappa shape index (κ1) is 19.2. The number of aliphatic hydroxyl groups excluding tert-OH is 1. The molecule has 0 unspecified atom stereocenters. The second-order valence-corrected chi connectivity index (χ2v) is 6.82. The van der Waals surface area contributed by atoms with E-state index >= 15 is 0 Å². The van der Waals surface area contributed by atoms with Crippen LogP contribution in [0.25, 0.3) is 0 Å². The van der Waals surface area contributed by atoms with Crippen LogP contribution in [0.1, 0.15) is 19.3 Å². The summed E-state index contributed by atoms with van der Waals surface area (Å²) in [6.07, 6.45) is 1.12. The van der Waals surface area contributed by atoms with Crippen LogP contribution in [0.5, 0.6) is 17.2 Å². The maximum atomic E-state index is 11.0. The molecular formula is C21H25NO5. The third-order valence-electron chi connectivity index (χ3n) is 4.81. The van der Waals surface area contributed by atoms with Crippen molar-refractivity contribution in [3.05, 3.63) is 54.6 Å². The summed E-state index contributed by atoms with van der Waals surface area (Å²) in [6.45, 7) is -0.109. The monoisotopic (exact) mass is 371 g/mol. The predicted molar refractivity (Wildman–Crippen MR) is 101 cm³/mol. The number of likely N-dealkylation sites (N-methyl/N-ethyl adjacent to an activating group) is 1. The number of para-hydroxylation sites is 3. The van der Waals surface area contributed by atoms with Crippen molar-refractivity contribution in [3.63, 3.8) is 0 Å². The van der Waals surface area contributed by atoms with E-state index in [2.05, 4.69) is 0 Å². The average Bonchev–Trinajstić information content (AvgIpc) is 2.65. The molecule has 1 saturated carbocycles. The van der Waals surface area contributed by atoms with Gasteiger partial charge in [-0.25, -0.2) is 0 Å². The van der Waals surface area contributed by atoms with Gasteiger partial charge in [0.2, 0.25) is 0 Å². The molecule has 0 radical (unpaired) electrons. The van der Waals surface area contributed by atoms with Gasteiger partial charge in [0.15, 0.2) is 11.5 Å². The number of rotatable bonds is 7. The van der Waals surface area contributed by atoms with Gasteiger partial charge < -0.3 is 19.7 Å². The molecule has 0 spiro atoms. The largest absolute Gasteiger partial charge is 0.484 e. The minimum atomic E-state index is -0.908. The Labute approximate surface area is 159 Å². The Morgan fingerprint density at radius 2 is 1.74 bits per heavy atom. The Balaban J connectivity index is 1.72. The van der Waals surface area contributed by atoms with Crippen molar-refractivity contribution in [1.29, 1.82) is 0 Å². The number of carboxylic acid groups (broad SMARTS) is 1. The second-order valence-electron chi connectivity index (χ2n) is 6.82. The standard InChI is InChI=1S/C21H25NO5/c1-22(14-20(23)24)16-10-7-13-19(21(16)25)27-18-12-6-5-11-17(18)26-15-8-3-2-4-9-15/h2-6,8-9,11-12,16,19,21,25H,7,10,13-14H2,1H3,(H,23,24)/t16-,19-,21-/m1/s1. The highest BCUT2D eigenvalue weighted by Gasteiger charge is 2.36. The summed E-state index contributed by atoms with van der Waals surface area (Å²) >= 11 is 0. The molecule has 2 aromatic carbocycles. The zero-order chi connectivity index (χ0) is 19.2. The van der Waals surface area contributed by atoms with Gasteiger partial charge in [0, 0.05) is 6.04 Å². The van der Waals surface area contributed by atoms with Crippen LogP contribution in [0, 0.1) is 0 Å². The lowest BCUT2D eigenvalue weighted by Gasteiger charge is -2.39. The number of hydrogen-bond donors (Lipinski definition) is 2. The first-order valence-corrected chi connectivity index (χ1v) is 9.13. The van der Waals surface area contributed by atoms with Gasteiger partial charge >= 0.3 is 5.97 Å². The van der Waals surface area contributed by atoms with Gasteiger partial charge in [0.1, 0.15) is 18.0 Å². The first-order chi connectivity index (χ1) is 13.0. The molecule has 0 heterocycles. The number of ether oxygens (including phenoxy) is 2. The molecule has 1 aliphatic rings. The Morgan fingerprint density at radius 1 is 1.07 bits per heavy atom. The van der Waals surface area contributed by atoms with Gasteiger partial charge in [-0.05, 0) is 50.6 Å². The summed E-state index contributed by atoms with van der Waals surface area (Å²) in [5.41, 5.74) is 0. The van der Waals surface area contributed by atoms with Crippen molar-refractivity contribution < 1.29 is 24.5 Å². The van der Waals surface area contributed by atoms with Crippen molar-refractivity contribution >= 4 is 5.97 Å². The normalized spacial score (nSPS) is 22.4. The van der Waals surface area contributed by atoms with Gasteiger partial charge in [0.25, 0.3) is 0 Å². The molecule has 0 saturated heterocycles. The fourth-order valence-corrected chi connectivity index (χ4v) is 3.47. The van der Waals surface area contributed by atoms with Crippen LogP contribution >= 0.6 is 0 Å². The molecule has 6 heteroatoms. The highest BCUT2D eigenvalue weighted by Crippen LogP contribution is 2.34. The van der Waals surface area contributed by atoms with Crippen LogP contribution in [-0.2, 0) is 4.79 Å². The Kier molecular flexibility index (Phi) is 6.32. The Morgan fingerprint density at radius 3 is 2.44 bits per heavy atom. The minimum absolute atomic E-state index is 0.109. The van der Waals surface area contributed by atoms with Gasteiger partial charge in [-0.3, -0.25) is 9.69 Å². The van der Waals surface area contributed by atoms with Gasteiger partial charge in [-0.15, -0.1) is 0 Å². The van der Waals surface area contributed by atoms with E-state index in [0.29, 0.717) is 23.7 Å². The predicted octanol–water partition coefficient (Wildman–Crippen LogP) is 3.16. The maximum Gasteiger partial charge on any atom is 0.317 e. The summed E-state index contributed by atoms with van der Waals surface area (Å²) in [6, 6.07) is 16.6. The highest BCUT2D eigenvalue weighted by atomic mass is 16.5. The van der Waals surface area contributed by atoms with E-state index in [9.17, 15) is 9.90 Å². The third kappa shape index (κ3) is 4.99. The van der Waals surface area contributed by atoms with Crippen LogP contribution in [0.3, 0.4) is 0 Å². The molecule has 144 valence electrons. The van der Waals surface area contributed by atoms with Crippen LogP contribution in [0.4, 0.5) is 0 Å². The number of carboxylic acids is 1. The van der Waals surface area contributed by atoms with Crippen molar-refractivity contribution in [2.24, 2.45) is 0 Å². The van der Waals surface area contributed by atoms with Crippen molar-refractivity contribution in [2.45, 2.75) is 37.5 Å². The van der Waals surface area contributed by atoms with Gasteiger partial charge in [0.05, 0.1) is 6.54 Å². The number of aliphatic carboxylic acids is 1. The fourth-order valence-electron chi connectivity index (χ4n) is 3.47. The average molecular weight is 371 g/mol. The molecule has 6 nitrogen and oxygen atoms in total. The lowest BCUT2D eigenvalue weighted by molar-refractivity contribution is -0.140. The number of benzene rings is 2. The summed E-state index contributed by atoms with van der Waals surface area (Å²) in [4.78, 5) is 12.7. The molecule has 0 bridgehead atoms. The maximum absolute atomic E-state index is 11.0. The highest BCUT2D eigenvalue weighted by molar-refractivity contribution is 5.69. The lowest BCUT2D eigenvalue weighted by Crippen LogP contribution is -2.52. The third-order valence-corrected chi connectivity index (χ3v) is 4.81. The topological polar surface area (TPSA) is 79.2 Å². The van der Waals surface area contributed by atoms with Crippen LogP contribution in [-0.4, -0.2) is 52.9 Å². The molecule has 2 aromatic rings. The first-order valence-electron chi connectivity index (χ1n) is 9.13. The van der Waals surface area contributed by atoms with E-state index in [1.54, 1.807) is 11.9 Å². The number of hydrogen-bond acceptors (Lipinski definition) is 5. The SMILES string of the molecule is CN(CC(=O)O)[C@@H]1CCC[C@@H](Oc2ccccc2Oc2ccccc2)[C@@H]1O. The smallest absolute Gasteiger partial charge is 0.317 e. The quantitative estimate of drug-likeness (QED) is 0.778. The fraction of sp³-hybridized carbons (Fsp3) is 0.381. The van der Waals surface area contributed by atoms with E-state index in [1.807, 2.05) is 54.6 Å². The second kappa shape index (κ2) is 8.88. The van der Waals surface area contributed by atoms with E-state index in [4.69, 9.17) is 14.6 Å². The molecule has 0 amide bonds. The van der Waals surface area contributed by atoms with Crippen LogP contribution in [0.15, 0.2) is 54.6 Å². The Bertz CT molecular complexity index is 751. The molecule has 3 rings (SSSR count). The summed E-state index contributed by atoms with van der Waals surface area (Å²) in [5, 5.41) is 19.8. The molecule has 0 aliphatic heterocycles. The summed E-state index contributed by atoms with van der Waals surface area (Å²) in [7, 11) is 1.72. The lowest BCUT2D eigenvalue weighted by atomic mass is 9.89.